The predicted octanol–water partition coefficient (Wildman–Crippen LogP) is 2.07. The number of aromatic amines is 1. The summed E-state index contributed by atoms with van der Waals surface area (Å²) in [7, 11) is 1.68. The molecule has 0 saturated heterocycles. The lowest BCUT2D eigenvalue weighted by Crippen LogP contribution is -3.00. The topological polar surface area (TPSA) is 40.9 Å². The molecule has 8 heteroatoms. The first kappa shape index (κ1) is 20.2. The molecule has 0 amide bonds. The number of halogens is 2. The minimum absolute atomic E-state index is 0. The zero-order chi connectivity index (χ0) is 18.3. The molecule has 4 nitrogen and oxygen atoms in total. The molecule has 140 valence electrons. The summed E-state index contributed by atoms with van der Waals surface area (Å²) in [6.45, 7) is 2.04. The average molecular weight is 483 g/mol. The van der Waals surface area contributed by atoms with E-state index >= 15 is 0 Å². The van der Waals surface area contributed by atoms with Crippen molar-refractivity contribution in [1.82, 2.24) is 4.98 Å². The molecule has 2 N–H and O–H groups in total. The van der Waals surface area contributed by atoms with Gasteiger partial charge in [0.1, 0.15) is 17.1 Å². The Morgan fingerprint density at radius 1 is 1.15 bits per heavy atom. The summed E-state index contributed by atoms with van der Waals surface area (Å²) in [5.74, 6) is 0.849. The first-order valence-corrected chi connectivity index (χ1v) is 9.69. The minimum Gasteiger partial charge on any atom is -1.00 e. The molecule has 1 aromatic heterocycles. The molecule has 0 radical (unpaired) electrons. The average Bonchev–Trinajstić information content (AvgIpc) is 2.95. The molecular weight excluding hydrogens is 466 g/mol. The fourth-order valence-corrected chi connectivity index (χ4v) is 4.32. The number of hydrogen-bond acceptors (Lipinski definition) is 4. The summed E-state index contributed by atoms with van der Waals surface area (Å²) < 4.78 is 7.38. The van der Waals surface area contributed by atoms with Gasteiger partial charge in [-0.05, 0) is 42.5 Å². The van der Waals surface area contributed by atoms with Crippen molar-refractivity contribution in [1.29, 1.82) is 0 Å². The normalized spacial score (nSPS) is 12.5. The van der Waals surface area contributed by atoms with E-state index in [4.69, 9.17) is 16.3 Å². The van der Waals surface area contributed by atoms with Gasteiger partial charge in [-0.3, -0.25) is 0 Å². The third kappa shape index (κ3) is 3.87. The Morgan fingerprint density at radius 2 is 1.89 bits per heavy atom. The number of imidazole rings is 1. The Kier molecular flexibility index (Phi) is 6.15. The largest absolute Gasteiger partial charge is 1.00 e. The number of rotatable bonds is 3. The number of thioether (sulfide) groups is 1. The minimum atomic E-state index is 0. The number of nitrogens with one attached hydrogen (secondary N) is 2. The summed E-state index contributed by atoms with van der Waals surface area (Å²) in [5.41, 5.74) is 5.12. The van der Waals surface area contributed by atoms with Crippen LogP contribution in [0.15, 0.2) is 57.9 Å². The second kappa shape index (κ2) is 8.22. The van der Waals surface area contributed by atoms with E-state index in [0.29, 0.717) is 5.02 Å². The predicted molar refractivity (Wildman–Crippen MR) is 110 cm³/mol. The van der Waals surface area contributed by atoms with Crippen LogP contribution >= 0.6 is 36.0 Å². The Labute approximate surface area is 183 Å². The van der Waals surface area contributed by atoms with Crippen molar-refractivity contribution < 1.29 is 26.3 Å². The van der Waals surface area contributed by atoms with Gasteiger partial charge in [0.15, 0.2) is 5.69 Å². The smallest absolute Gasteiger partial charge is 0.318 e. The number of aromatic nitrogens is 2. The summed E-state index contributed by atoms with van der Waals surface area (Å²) in [6, 6.07) is 13.7. The van der Waals surface area contributed by atoms with Crippen LogP contribution in [0.5, 0.6) is 5.75 Å². The maximum absolute atomic E-state index is 6.04. The highest BCUT2D eigenvalue weighted by molar-refractivity contribution is 8.02. The van der Waals surface area contributed by atoms with Crippen LogP contribution in [0.25, 0.3) is 11.4 Å². The number of methoxy groups -OCH3 is 1. The molecule has 3 aromatic rings. The number of H-pyrrole nitrogens is 1. The maximum Gasteiger partial charge on any atom is 0.318 e. The summed E-state index contributed by atoms with van der Waals surface area (Å²) >= 11 is 12.3. The van der Waals surface area contributed by atoms with Gasteiger partial charge in [-0.1, -0.05) is 36.0 Å². The van der Waals surface area contributed by atoms with E-state index in [2.05, 4.69) is 32.9 Å². The molecule has 0 fully saturated rings. The third-order valence-corrected chi connectivity index (χ3v) is 5.70. The van der Waals surface area contributed by atoms with E-state index in [1.165, 1.54) is 0 Å². The lowest BCUT2D eigenvalue weighted by atomic mass is 10.2. The van der Waals surface area contributed by atoms with Crippen molar-refractivity contribution in [3.8, 4) is 11.4 Å². The van der Waals surface area contributed by atoms with E-state index < -0.39 is 0 Å². The fourth-order valence-electron chi connectivity index (χ4n) is 2.96. The van der Waals surface area contributed by atoms with Crippen molar-refractivity contribution in [2.24, 2.45) is 0 Å². The van der Waals surface area contributed by atoms with Crippen molar-refractivity contribution in [3.63, 3.8) is 0 Å². The standard InChI is InChI=1S/C19H16ClN3OS2.BrH/c1-11-18(23(19(25)21-11)13-5-3-12(20)4-6-13)16-10-26-17-9-14(24-2)7-8-15(17)22-16;/h3-10,22H,1-2H3,(H,21,25);1H. The SMILES string of the molecule is COc1ccc2c(c1)SC=C(c1c(C)[nH]c(S)[n+]1-c1ccc(Cl)cc1)N2.[Br-]. The number of aryl methyl sites for hydroxylation is 1. The Hall–Kier alpha value is -1.54. The zero-order valence-electron chi connectivity index (χ0n) is 14.6. The number of benzene rings is 2. The second-order valence-electron chi connectivity index (χ2n) is 5.87. The number of thiol groups is 1. The zero-order valence-corrected chi connectivity index (χ0v) is 18.6. The van der Waals surface area contributed by atoms with Gasteiger partial charge >= 0.3 is 5.16 Å². The molecule has 0 unspecified atom stereocenters. The van der Waals surface area contributed by atoms with E-state index in [9.17, 15) is 0 Å². The molecule has 27 heavy (non-hydrogen) atoms. The van der Waals surface area contributed by atoms with Gasteiger partial charge in [0.05, 0.1) is 18.5 Å². The first-order chi connectivity index (χ1) is 12.6. The molecule has 1 aliphatic heterocycles. The quantitative estimate of drug-likeness (QED) is 0.395. The molecule has 0 aliphatic carbocycles. The molecule has 0 bridgehead atoms. The Balaban J connectivity index is 0.00000210. The van der Waals surface area contributed by atoms with Crippen LogP contribution in [-0.4, -0.2) is 12.1 Å². The van der Waals surface area contributed by atoms with Gasteiger partial charge in [-0.25, -0.2) is 4.98 Å². The highest BCUT2D eigenvalue weighted by atomic mass is 79.9. The van der Waals surface area contributed by atoms with E-state index in [-0.39, 0.29) is 17.0 Å². The lowest BCUT2D eigenvalue weighted by Gasteiger charge is -2.19. The van der Waals surface area contributed by atoms with E-state index in [1.54, 1.807) is 18.9 Å². The van der Waals surface area contributed by atoms with Gasteiger partial charge in [-0.15, -0.1) is 0 Å². The molecule has 0 spiro atoms. The van der Waals surface area contributed by atoms with Crippen LogP contribution in [0, 0.1) is 6.92 Å². The molecule has 4 rings (SSSR count). The summed E-state index contributed by atoms with van der Waals surface area (Å²) in [6.07, 6.45) is 0. The van der Waals surface area contributed by atoms with Gasteiger partial charge in [-0.2, -0.15) is 4.57 Å². The first-order valence-electron chi connectivity index (χ1n) is 7.98. The van der Waals surface area contributed by atoms with Crippen molar-refractivity contribution in [2.45, 2.75) is 17.0 Å². The highest BCUT2D eigenvalue weighted by Crippen LogP contribution is 2.39. The van der Waals surface area contributed by atoms with Crippen LogP contribution in [0.1, 0.15) is 11.4 Å². The van der Waals surface area contributed by atoms with Crippen LogP contribution < -0.4 is 31.6 Å². The number of nitrogens with zero attached hydrogens (tertiary/aromatic N) is 1. The second-order valence-corrected chi connectivity index (χ2v) is 7.64. The van der Waals surface area contributed by atoms with Gasteiger partial charge in [0, 0.05) is 22.2 Å². The number of anilines is 1. The third-order valence-electron chi connectivity index (χ3n) is 4.19. The van der Waals surface area contributed by atoms with Crippen LogP contribution in [0.2, 0.25) is 5.02 Å². The van der Waals surface area contributed by atoms with Crippen molar-refractivity contribution in [3.05, 3.63) is 64.3 Å². The maximum atomic E-state index is 6.04. The van der Waals surface area contributed by atoms with Gasteiger partial charge in [0.25, 0.3) is 0 Å². The molecule has 0 saturated carbocycles. The number of hydrogen-bond donors (Lipinski definition) is 3. The van der Waals surface area contributed by atoms with E-state index in [0.717, 1.165) is 44.3 Å². The Bertz CT molecular complexity index is 1020. The monoisotopic (exact) mass is 481 g/mol. The fraction of sp³-hybridized carbons (Fsp3) is 0.105. The molecular formula is C19H17BrClN3OS2. The lowest BCUT2D eigenvalue weighted by molar-refractivity contribution is -0.637. The highest BCUT2D eigenvalue weighted by Gasteiger charge is 2.27. The number of ether oxygens (including phenoxy) is 1. The van der Waals surface area contributed by atoms with Gasteiger partial charge < -0.3 is 27.0 Å². The van der Waals surface area contributed by atoms with Crippen LogP contribution in [0.3, 0.4) is 0 Å². The van der Waals surface area contributed by atoms with Crippen molar-refractivity contribution >= 4 is 47.4 Å². The molecule has 1 aliphatic rings. The number of fused-ring (bicyclic) bond motifs is 1. The van der Waals surface area contributed by atoms with E-state index in [1.807, 2.05) is 49.4 Å². The summed E-state index contributed by atoms with van der Waals surface area (Å²) in [5, 5.41) is 7.10. The van der Waals surface area contributed by atoms with Crippen LogP contribution in [0.4, 0.5) is 5.69 Å². The molecule has 2 aromatic carbocycles. The van der Waals surface area contributed by atoms with Crippen molar-refractivity contribution in [2.75, 3.05) is 12.4 Å². The Morgan fingerprint density at radius 3 is 2.59 bits per heavy atom. The van der Waals surface area contributed by atoms with Crippen LogP contribution in [-0.2, 0) is 0 Å². The van der Waals surface area contributed by atoms with Gasteiger partial charge in [0.2, 0.25) is 0 Å². The summed E-state index contributed by atoms with van der Waals surface area (Å²) in [4.78, 5) is 4.44. The molecule has 0 atom stereocenters. The molecule has 2 heterocycles.